The molecule has 1 aliphatic heterocycles. The molecule has 2 saturated carbocycles. The van der Waals surface area contributed by atoms with Gasteiger partial charge < -0.3 is 29.2 Å². The van der Waals surface area contributed by atoms with Crippen molar-refractivity contribution in [3.8, 4) is 17.1 Å². The highest BCUT2D eigenvalue weighted by Gasteiger charge is 2.67. The average Bonchev–Trinajstić information content (AvgIpc) is 2.86. The molecule has 0 aromatic carbocycles. The van der Waals surface area contributed by atoms with Crippen LogP contribution in [0.15, 0.2) is 39.8 Å². The number of aliphatic hydroxyl groups excluding tert-OH is 3. The number of fused-ring (bicyclic) bond motifs is 4. The molecule has 8 heteroatoms. The lowest BCUT2D eigenvalue weighted by Gasteiger charge is -2.64. The minimum atomic E-state index is -1.15. The van der Waals surface area contributed by atoms with Crippen molar-refractivity contribution in [1.82, 2.24) is 4.98 Å². The number of nitrogens with zero attached hydrogens (tertiary/aromatic N) is 1. The predicted octanol–water partition coefficient (Wildman–Crippen LogP) is 4.21. The summed E-state index contributed by atoms with van der Waals surface area (Å²) in [6.45, 7) is 8.16. The van der Waals surface area contributed by atoms with E-state index in [4.69, 9.17) is 13.9 Å². The lowest BCUT2D eigenvalue weighted by molar-refractivity contribution is -0.279. The second-order valence-electron chi connectivity index (χ2n) is 11.7. The first kappa shape index (κ1) is 26.4. The summed E-state index contributed by atoms with van der Waals surface area (Å²) in [4.78, 5) is 17.4. The molecular formula is C29H39NO7. The molecule has 2 aromatic rings. The second-order valence-corrected chi connectivity index (χ2v) is 11.7. The summed E-state index contributed by atoms with van der Waals surface area (Å²) >= 11 is 0. The summed E-state index contributed by atoms with van der Waals surface area (Å²) in [5.74, 6) is 0.0564. The van der Waals surface area contributed by atoms with Crippen molar-refractivity contribution in [2.45, 2.75) is 96.4 Å². The van der Waals surface area contributed by atoms with Crippen LogP contribution >= 0.6 is 0 Å². The molecule has 3 aliphatic rings. The van der Waals surface area contributed by atoms with E-state index in [9.17, 15) is 20.1 Å². The quantitative estimate of drug-likeness (QED) is 0.491. The second kappa shape index (κ2) is 9.80. The summed E-state index contributed by atoms with van der Waals surface area (Å²) in [5, 5.41) is 33.4. The Morgan fingerprint density at radius 3 is 2.78 bits per heavy atom. The molecule has 0 radical (unpaired) electrons. The number of pyridine rings is 1. The first-order chi connectivity index (χ1) is 17.6. The number of hydrogen-bond acceptors (Lipinski definition) is 8. The van der Waals surface area contributed by atoms with Crippen LogP contribution in [0.5, 0.6) is 5.75 Å². The Hall–Kier alpha value is -2.26. The van der Waals surface area contributed by atoms with E-state index >= 15 is 0 Å². The molecule has 3 N–H and O–H groups in total. The molecule has 0 spiro atoms. The van der Waals surface area contributed by atoms with Gasteiger partial charge in [-0.05, 0) is 68.4 Å². The van der Waals surface area contributed by atoms with Gasteiger partial charge in [0, 0.05) is 29.9 Å². The maximum absolute atomic E-state index is 13.3. The number of unbranched alkanes of at least 4 members (excludes halogenated alkanes) is 1. The number of hydrogen-bond donors (Lipinski definition) is 3. The largest absolute Gasteiger partial charge is 0.484 e. The lowest BCUT2D eigenvalue weighted by atomic mass is 9.46. The summed E-state index contributed by atoms with van der Waals surface area (Å²) < 4.78 is 18.6. The average molecular weight is 514 g/mol. The topological polar surface area (TPSA) is 122 Å². The van der Waals surface area contributed by atoms with Gasteiger partial charge >= 0.3 is 5.63 Å². The van der Waals surface area contributed by atoms with E-state index in [2.05, 4.69) is 18.8 Å². The van der Waals surface area contributed by atoms with Gasteiger partial charge in [-0.15, -0.1) is 0 Å². The van der Waals surface area contributed by atoms with Crippen LogP contribution in [-0.2, 0) is 4.74 Å². The molecule has 3 unspecified atom stereocenters. The summed E-state index contributed by atoms with van der Waals surface area (Å²) in [7, 11) is 0. The Balaban J connectivity index is 1.61. The van der Waals surface area contributed by atoms with Crippen LogP contribution in [0.1, 0.15) is 77.9 Å². The van der Waals surface area contributed by atoms with Crippen LogP contribution in [0.25, 0.3) is 11.3 Å². The zero-order chi connectivity index (χ0) is 26.5. The fraction of sp³-hybridized carbons (Fsp3) is 0.655. The van der Waals surface area contributed by atoms with Crippen molar-refractivity contribution in [3.63, 3.8) is 0 Å². The predicted molar refractivity (Wildman–Crippen MR) is 137 cm³/mol. The summed E-state index contributed by atoms with van der Waals surface area (Å²) in [6, 6.07) is 5.19. The molecule has 0 bridgehead atoms. The molecule has 2 aromatic heterocycles. The molecule has 9 atom stereocenters. The van der Waals surface area contributed by atoms with Gasteiger partial charge in [-0.25, -0.2) is 4.79 Å². The Bertz CT molecular complexity index is 1170. The van der Waals surface area contributed by atoms with E-state index in [1.807, 2.05) is 13.8 Å². The van der Waals surface area contributed by atoms with Gasteiger partial charge in [-0.3, -0.25) is 4.98 Å². The molecule has 2 aliphatic carbocycles. The first-order valence-corrected chi connectivity index (χ1v) is 13.6. The fourth-order valence-corrected chi connectivity index (χ4v) is 7.48. The number of ether oxygens (including phenoxy) is 2. The molecule has 2 fully saturated rings. The number of aliphatic hydroxyl groups is 3. The highest BCUT2D eigenvalue weighted by molar-refractivity contribution is 5.59. The SMILES string of the molecule is CCCCC(O)O[C@H]1CC2[C@@H](C)[C@@H](O)CC[C@]2(C)C2[C@@H](O)c3c(cc(-c4cccnc4)oc3=O)O[C@@]21C. The third kappa shape index (κ3) is 4.32. The number of aromatic nitrogens is 1. The van der Waals surface area contributed by atoms with Gasteiger partial charge in [0.25, 0.3) is 0 Å². The highest BCUT2D eigenvalue weighted by atomic mass is 16.6. The van der Waals surface area contributed by atoms with Crippen molar-refractivity contribution in [2.24, 2.45) is 23.2 Å². The van der Waals surface area contributed by atoms with Crippen molar-refractivity contribution >= 4 is 0 Å². The van der Waals surface area contributed by atoms with Crippen LogP contribution in [0.2, 0.25) is 0 Å². The molecule has 8 nitrogen and oxygen atoms in total. The monoisotopic (exact) mass is 513 g/mol. The van der Waals surface area contributed by atoms with Crippen LogP contribution in [-0.4, -0.2) is 44.4 Å². The minimum absolute atomic E-state index is 0.0132. The minimum Gasteiger partial charge on any atom is -0.484 e. The molecule has 0 saturated heterocycles. The van der Waals surface area contributed by atoms with E-state index in [1.54, 1.807) is 30.6 Å². The van der Waals surface area contributed by atoms with Gasteiger partial charge in [0.15, 0.2) is 6.29 Å². The summed E-state index contributed by atoms with van der Waals surface area (Å²) in [6.07, 6.45) is 4.25. The van der Waals surface area contributed by atoms with E-state index in [-0.39, 0.29) is 23.1 Å². The fourth-order valence-electron chi connectivity index (χ4n) is 7.48. The Morgan fingerprint density at radius 1 is 1.30 bits per heavy atom. The maximum atomic E-state index is 13.3. The Labute approximate surface area is 217 Å². The van der Waals surface area contributed by atoms with E-state index in [0.29, 0.717) is 37.0 Å². The van der Waals surface area contributed by atoms with Crippen molar-refractivity contribution in [3.05, 3.63) is 46.6 Å². The maximum Gasteiger partial charge on any atom is 0.345 e. The van der Waals surface area contributed by atoms with Crippen LogP contribution in [0, 0.1) is 23.2 Å². The van der Waals surface area contributed by atoms with E-state index in [0.717, 1.165) is 12.8 Å². The lowest BCUT2D eigenvalue weighted by Crippen LogP contribution is -2.69. The van der Waals surface area contributed by atoms with Gasteiger partial charge in [0.2, 0.25) is 0 Å². The molecule has 202 valence electrons. The smallest absolute Gasteiger partial charge is 0.345 e. The van der Waals surface area contributed by atoms with Gasteiger partial charge in [0.05, 0.1) is 12.2 Å². The normalized spacial score (nSPS) is 37.6. The molecule has 3 heterocycles. The third-order valence-electron chi connectivity index (χ3n) is 9.47. The van der Waals surface area contributed by atoms with E-state index < -0.39 is 47.2 Å². The zero-order valence-electron chi connectivity index (χ0n) is 22.1. The molecule has 37 heavy (non-hydrogen) atoms. The van der Waals surface area contributed by atoms with Crippen LogP contribution < -0.4 is 10.4 Å². The zero-order valence-corrected chi connectivity index (χ0v) is 22.1. The Kier molecular flexibility index (Phi) is 6.98. The number of rotatable bonds is 6. The van der Waals surface area contributed by atoms with Gasteiger partial charge in [-0.2, -0.15) is 0 Å². The molecule has 5 rings (SSSR count). The Morgan fingerprint density at radius 2 is 2.08 bits per heavy atom. The third-order valence-corrected chi connectivity index (χ3v) is 9.47. The highest BCUT2D eigenvalue weighted by Crippen LogP contribution is 2.64. The van der Waals surface area contributed by atoms with Crippen molar-refractivity contribution < 1.29 is 29.2 Å². The van der Waals surface area contributed by atoms with Crippen molar-refractivity contribution in [2.75, 3.05) is 0 Å². The van der Waals surface area contributed by atoms with Crippen LogP contribution in [0.3, 0.4) is 0 Å². The van der Waals surface area contributed by atoms with Gasteiger partial charge in [-0.1, -0.05) is 27.2 Å². The standard InChI is InChI=1S/C29H39NO7/c1-5-6-9-23(32)36-22-13-18-16(2)19(31)10-11-28(18,3)26-25(33)24-21(37-29(22,26)4)14-20(35-27(24)34)17-8-7-12-30-15-17/h7-8,12,14-16,18-19,22-23,25-26,31-33H,5-6,9-11,13H2,1-4H3/t16-,18?,19+,22+,23?,25+,26?,28+,29-/m1/s1. The summed E-state index contributed by atoms with van der Waals surface area (Å²) in [5.41, 5.74) is -1.34. The van der Waals surface area contributed by atoms with Gasteiger partial charge in [0.1, 0.15) is 28.8 Å². The van der Waals surface area contributed by atoms with Crippen molar-refractivity contribution in [1.29, 1.82) is 0 Å². The van der Waals surface area contributed by atoms with E-state index in [1.165, 1.54) is 0 Å². The van der Waals surface area contributed by atoms with Crippen LogP contribution in [0.4, 0.5) is 0 Å². The molecular weight excluding hydrogens is 474 g/mol. The first-order valence-electron chi connectivity index (χ1n) is 13.6. The molecule has 0 amide bonds.